The number of ether oxygens (including phenoxy) is 1. The molecule has 0 aliphatic heterocycles. The molecule has 0 heterocycles. The first-order valence-corrected chi connectivity index (χ1v) is 3.65. The second-order valence-corrected chi connectivity index (χ2v) is 2.95. The van der Waals surface area contributed by atoms with Crippen LogP contribution in [-0.4, -0.2) is 27.7 Å². The largest absolute Gasteiger partial charge is 0.383 e. The van der Waals surface area contributed by atoms with E-state index >= 15 is 0 Å². The van der Waals surface area contributed by atoms with Crippen LogP contribution in [0.1, 0.15) is 20.3 Å². The van der Waals surface area contributed by atoms with Crippen molar-refractivity contribution in [3.63, 3.8) is 0 Å². The number of rotatable bonds is 5. The number of methoxy groups -OCH3 is 1. The summed E-state index contributed by atoms with van der Waals surface area (Å²) in [5.74, 6) is 0.663. The fourth-order valence-corrected chi connectivity index (χ4v) is 0.954. The van der Waals surface area contributed by atoms with Gasteiger partial charge in [0, 0.05) is 13.2 Å². The van der Waals surface area contributed by atoms with Crippen LogP contribution in [0.2, 0.25) is 0 Å². The summed E-state index contributed by atoms with van der Waals surface area (Å²) in [6, 6.07) is 0.296. The van der Waals surface area contributed by atoms with Crippen LogP contribution in [0, 0.1) is 5.92 Å². The van der Waals surface area contributed by atoms with Crippen LogP contribution >= 0.6 is 0 Å². The lowest BCUT2D eigenvalue weighted by Gasteiger charge is -2.17. The molecule has 0 aromatic carbocycles. The second kappa shape index (κ2) is 5.75. The Morgan fingerprint density at radius 3 is 2.40 bits per heavy atom. The van der Waals surface area contributed by atoms with E-state index < -0.39 is 0 Å². The van der Waals surface area contributed by atoms with Gasteiger partial charge in [-0.2, -0.15) is 0 Å². The number of hydrogen-bond donors (Lipinski definition) is 1. The zero-order valence-electron chi connectivity index (χ0n) is 7.05. The third-order valence-electron chi connectivity index (χ3n) is 1.36. The molecule has 10 heavy (non-hydrogen) atoms. The van der Waals surface area contributed by atoms with Crippen LogP contribution in [0.15, 0.2) is 0 Å². The van der Waals surface area contributed by atoms with Gasteiger partial charge >= 0.3 is 0 Å². The molecule has 0 aliphatic carbocycles. The molecule has 0 aliphatic rings. The molecule has 2 radical (unpaired) electrons. The van der Waals surface area contributed by atoms with E-state index in [1.807, 2.05) is 0 Å². The maximum Gasteiger partial charge on any atom is 0.178 e. The van der Waals surface area contributed by atoms with E-state index in [0.29, 0.717) is 18.6 Å². The third-order valence-corrected chi connectivity index (χ3v) is 1.36. The van der Waals surface area contributed by atoms with Crippen molar-refractivity contribution in [2.45, 2.75) is 26.3 Å². The Morgan fingerprint density at radius 2 is 2.10 bits per heavy atom. The predicted molar refractivity (Wildman–Crippen MR) is 44.0 cm³/mol. The SMILES string of the molecule is [B]N[C@H](COC)CC(C)C. The van der Waals surface area contributed by atoms with E-state index in [4.69, 9.17) is 12.7 Å². The minimum Gasteiger partial charge on any atom is -0.383 e. The molecule has 0 unspecified atom stereocenters. The first-order chi connectivity index (χ1) is 4.70. The summed E-state index contributed by atoms with van der Waals surface area (Å²) >= 11 is 0. The van der Waals surface area contributed by atoms with Gasteiger partial charge < -0.3 is 9.96 Å². The van der Waals surface area contributed by atoms with Gasteiger partial charge in [0.2, 0.25) is 0 Å². The smallest absolute Gasteiger partial charge is 0.178 e. The Bertz CT molecular complexity index is 78.0. The summed E-state index contributed by atoms with van der Waals surface area (Å²) in [5.41, 5.74) is 0. The van der Waals surface area contributed by atoms with Crippen LogP contribution < -0.4 is 5.23 Å². The molecule has 3 heteroatoms. The van der Waals surface area contributed by atoms with E-state index in [9.17, 15) is 0 Å². The summed E-state index contributed by atoms with van der Waals surface area (Å²) < 4.78 is 4.95. The van der Waals surface area contributed by atoms with Gasteiger partial charge in [0.1, 0.15) is 0 Å². The van der Waals surface area contributed by atoms with Gasteiger partial charge in [0.05, 0.1) is 6.61 Å². The van der Waals surface area contributed by atoms with Gasteiger partial charge in [0.15, 0.2) is 7.98 Å². The van der Waals surface area contributed by atoms with Crippen LogP contribution in [0.25, 0.3) is 0 Å². The highest BCUT2D eigenvalue weighted by atomic mass is 16.5. The molecule has 0 aromatic rings. The fourth-order valence-electron chi connectivity index (χ4n) is 0.954. The molecule has 0 amide bonds. The van der Waals surface area contributed by atoms with Gasteiger partial charge in [-0.05, 0) is 12.3 Å². The molecule has 0 bridgehead atoms. The molecule has 0 spiro atoms. The lowest BCUT2D eigenvalue weighted by atomic mass is 10.0. The molecule has 0 rings (SSSR count). The number of nitrogens with one attached hydrogen (secondary N) is 1. The summed E-state index contributed by atoms with van der Waals surface area (Å²) in [4.78, 5) is 0. The van der Waals surface area contributed by atoms with Crippen LogP contribution in [0.3, 0.4) is 0 Å². The van der Waals surface area contributed by atoms with Crippen LogP contribution in [-0.2, 0) is 4.74 Å². The molecule has 0 saturated carbocycles. The van der Waals surface area contributed by atoms with Crippen molar-refractivity contribution in [1.82, 2.24) is 5.23 Å². The predicted octanol–water partition coefficient (Wildman–Crippen LogP) is 0.721. The maximum absolute atomic E-state index is 5.28. The molecular formula is C7H16BNO. The third kappa shape index (κ3) is 4.83. The summed E-state index contributed by atoms with van der Waals surface area (Å²) in [7, 11) is 6.96. The quantitative estimate of drug-likeness (QED) is 0.569. The van der Waals surface area contributed by atoms with Crippen molar-refractivity contribution in [2.75, 3.05) is 13.7 Å². The molecular weight excluding hydrogens is 125 g/mol. The van der Waals surface area contributed by atoms with Crippen molar-refractivity contribution >= 4 is 7.98 Å². The highest BCUT2D eigenvalue weighted by Crippen LogP contribution is 2.03. The first kappa shape index (κ1) is 9.98. The molecule has 58 valence electrons. The highest BCUT2D eigenvalue weighted by Gasteiger charge is 2.06. The summed E-state index contributed by atoms with van der Waals surface area (Å²) in [5, 5.41) is 2.71. The van der Waals surface area contributed by atoms with Crippen molar-refractivity contribution in [3.8, 4) is 0 Å². The minimum absolute atomic E-state index is 0.296. The van der Waals surface area contributed by atoms with E-state index in [0.717, 1.165) is 6.42 Å². The van der Waals surface area contributed by atoms with Gasteiger partial charge in [-0.25, -0.2) is 0 Å². The van der Waals surface area contributed by atoms with Crippen LogP contribution in [0.4, 0.5) is 0 Å². The molecule has 0 aromatic heterocycles. The topological polar surface area (TPSA) is 21.3 Å². The van der Waals surface area contributed by atoms with Gasteiger partial charge in [-0.15, -0.1) is 0 Å². The minimum atomic E-state index is 0.296. The molecule has 0 saturated heterocycles. The van der Waals surface area contributed by atoms with E-state index in [2.05, 4.69) is 19.1 Å². The Morgan fingerprint density at radius 1 is 1.50 bits per heavy atom. The van der Waals surface area contributed by atoms with E-state index in [-0.39, 0.29) is 0 Å². The van der Waals surface area contributed by atoms with E-state index in [1.54, 1.807) is 7.11 Å². The Balaban J connectivity index is 3.39. The van der Waals surface area contributed by atoms with Gasteiger partial charge in [-0.1, -0.05) is 13.8 Å². The van der Waals surface area contributed by atoms with Crippen molar-refractivity contribution in [1.29, 1.82) is 0 Å². The fraction of sp³-hybridized carbons (Fsp3) is 1.00. The number of hydrogen-bond acceptors (Lipinski definition) is 2. The maximum atomic E-state index is 5.28. The summed E-state index contributed by atoms with van der Waals surface area (Å²) in [6.07, 6.45) is 1.06. The Labute approximate surface area is 64.8 Å². The van der Waals surface area contributed by atoms with Gasteiger partial charge in [0.25, 0.3) is 0 Å². The molecule has 2 nitrogen and oxygen atoms in total. The molecule has 0 fully saturated rings. The monoisotopic (exact) mass is 141 g/mol. The normalized spacial score (nSPS) is 14.0. The lowest BCUT2D eigenvalue weighted by molar-refractivity contribution is 0.166. The Kier molecular flexibility index (Phi) is 5.74. The van der Waals surface area contributed by atoms with Crippen LogP contribution in [0.5, 0.6) is 0 Å². The second-order valence-electron chi connectivity index (χ2n) is 2.95. The Hall–Kier alpha value is -0.0151. The highest BCUT2D eigenvalue weighted by molar-refractivity contribution is 6.04. The lowest BCUT2D eigenvalue weighted by Crippen LogP contribution is -2.32. The van der Waals surface area contributed by atoms with Crippen molar-refractivity contribution < 1.29 is 4.74 Å². The van der Waals surface area contributed by atoms with E-state index in [1.165, 1.54) is 0 Å². The first-order valence-electron chi connectivity index (χ1n) is 3.65. The standard InChI is InChI=1S/C7H16BNO/c1-6(2)4-7(9-8)5-10-3/h6-7,9H,4-5H2,1-3H3/t7-/m0/s1. The van der Waals surface area contributed by atoms with Crippen molar-refractivity contribution in [2.24, 2.45) is 5.92 Å². The summed E-state index contributed by atoms with van der Waals surface area (Å²) in [6.45, 7) is 5.02. The average molecular weight is 141 g/mol. The molecule has 1 atom stereocenters. The zero-order chi connectivity index (χ0) is 7.98. The zero-order valence-corrected chi connectivity index (χ0v) is 7.05. The van der Waals surface area contributed by atoms with Gasteiger partial charge in [-0.3, -0.25) is 0 Å². The average Bonchev–Trinajstić information content (AvgIpc) is 1.86. The van der Waals surface area contributed by atoms with Crippen molar-refractivity contribution in [3.05, 3.63) is 0 Å². The molecule has 1 N–H and O–H groups in total.